The summed E-state index contributed by atoms with van der Waals surface area (Å²) >= 11 is 0. The second-order valence-electron chi connectivity index (χ2n) is 6.37. The molecule has 122 valence electrons. The van der Waals surface area contributed by atoms with Gasteiger partial charge in [0, 0.05) is 17.8 Å². The summed E-state index contributed by atoms with van der Waals surface area (Å²) in [4.78, 5) is 0. The molecule has 0 saturated carbocycles. The fraction of sp³-hybridized carbons (Fsp3) is 0.250. The molecule has 0 bridgehead atoms. The first-order chi connectivity index (χ1) is 11.6. The van der Waals surface area contributed by atoms with Gasteiger partial charge < -0.3 is 5.32 Å². The third kappa shape index (κ3) is 2.53. The predicted molar refractivity (Wildman–Crippen MR) is 93.8 cm³/mol. The Balaban J connectivity index is 1.84. The van der Waals surface area contributed by atoms with Crippen molar-refractivity contribution in [3.63, 3.8) is 0 Å². The van der Waals surface area contributed by atoms with Gasteiger partial charge in [-0.3, -0.25) is 0 Å². The number of halogens is 1. The number of aromatic nitrogens is 2. The normalized spacial score (nSPS) is 13.8. The number of hydrogen-bond acceptors (Lipinski definition) is 2. The van der Waals surface area contributed by atoms with Crippen LogP contribution >= 0.6 is 0 Å². The van der Waals surface area contributed by atoms with Crippen molar-refractivity contribution in [2.24, 2.45) is 0 Å². The average Bonchev–Trinajstić information content (AvgIpc) is 2.94. The predicted octanol–water partition coefficient (Wildman–Crippen LogP) is 3.94. The highest BCUT2D eigenvalue weighted by atomic mass is 19.1. The molecular weight excluding hydrogens is 301 g/mol. The van der Waals surface area contributed by atoms with Crippen LogP contribution in [-0.4, -0.2) is 16.3 Å². The number of nitrogens with zero attached hydrogens (tertiary/aromatic N) is 2. The van der Waals surface area contributed by atoms with Gasteiger partial charge in [-0.25, -0.2) is 9.07 Å². The topological polar surface area (TPSA) is 29.9 Å². The van der Waals surface area contributed by atoms with Gasteiger partial charge >= 0.3 is 0 Å². The van der Waals surface area contributed by atoms with Gasteiger partial charge in [0.1, 0.15) is 5.82 Å². The van der Waals surface area contributed by atoms with Gasteiger partial charge in [-0.15, -0.1) is 0 Å². The molecule has 0 atom stereocenters. The highest BCUT2D eigenvalue weighted by molar-refractivity contribution is 5.71. The minimum absolute atomic E-state index is 0.115. The largest absolute Gasteiger partial charge is 0.312 e. The lowest BCUT2D eigenvalue weighted by molar-refractivity contribution is 0.564. The summed E-state index contributed by atoms with van der Waals surface area (Å²) in [6.07, 6.45) is 0.854. The number of aryl methyl sites for hydroxylation is 2. The van der Waals surface area contributed by atoms with E-state index in [-0.39, 0.29) is 5.82 Å². The molecule has 0 saturated heterocycles. The average molecular weight is 321 g/mol. The van der Waals surface area contributed by atoms with E-state index in [1.807, 2.05) is 23.7 Å². The van der Waals surface area contributed by atoms with Crippen LogP contribution in [0.15, 0.2) is 42.5 Å². The van der Waals surface area contributed by atoms with Gasteiger partial charge in [-0.2, -0.15) is 5.10 Å². The molecule has 1 aliphatic heterocycles. The van der Waals surface area contributed by atoms with E-state index in [2.05, 4.69) is 41.6 Å². The molecule has 1 aromatic heterocycles. The summed E-state index contributed by atoms with van der Waals surface area (Å²) in [5.41, 5.74) is 7.30. The van der Waals surface area contributed by atoms with Crippen LogP contribution in [0, 0.1) is 19.7 Å². The van der Waals surface area contributed by atoms with Crippen molar-refractivity contribution in [3.8, 4) is 16.8 Å². The van der Waals surface area contributed by atoms with E-state index in [9.17, 15) is 4.39 Å². The molecule has 0 fully saturated rings. The SMILES string of the molecule is Cc1cc(C)n(-c2cccc(-c3ccc(F)c4c3CCNC4)c2)n1. The number of benzene rings is 2. The standard InChI is InChI=1S/C20H20FN3/c1-13-10-14(2)24(23-13)16-5-3-4-15(11-16)17-6-7-20(21)19-12-22-9-8-18(17)19/h3-7,10-11,22H,8-9,12H2,1-2H3. The van der Waals surface area contributed by atoms with Crippen LogP contribution in [0.3, 0.4) is 0 Å². The Morgan fingerprint density at radius 3 is 2.75 bits per heavy atom. The van der Waals surface area contributed by atoms with E-state index in [4.69, 9.17) is 0 Å². The molecule has 0 radical (unpaired) electrons. The Hall–Kier alpha value is -2.46. The van der Waals surface area contributed by atoms with Crippen molar-refractivity contribution >= 4 is 0 Å². The minimum atomic E-state index is -0.115. The van der Waals surface area contributed by atoms with E-state index >= 15 is 0 Å². The Morgan fingerprint density at radius 1 is 1.08 bits per heavy atom. The maximum absolute atomic E-state index is 14.1. The Morgan fingerprint density at radius 2 is 1.96 bits per heavy atom. The number of nitrogens with one attached hydrogen (secondary N) is 1. The molecule has 3 aromatic rings. The van der Waals surface area contributed by atoms with E-state index in [0.717, 1.165) is 52.3 Å². The first-order valence-electron chi connectivity index (χ1n) is 8.28. The zero-order chi connectivity index (χ0) is 16.7. The maximum atomic E-state index is 14.1. The molecule has 2 aromatic carbocycles. The van der Waals surface area contributed by atoms with Crippen LogP contribution in [0.25, 0.3) is 16.8 Å². The number of rotatable bonds is 2. The molecular formula is C20H20FN3. The number of fused-ring (bicyclic) bond motifs is 1. The highest BCUT2D eigenvalue weighted by Crippen LogP contribution is 2.31. The lowest BCUT2D eigenvalue weighted by atomic mass is 9.91. The molecule has 4 heteroatoms. The fourth-order valence-corrected chi connectivity index (χ4v) is 3.53. The molecule has 0 unspecified atom stereocenters. The molecule has 2 heterocycles. The van der Waals surface area contributed by atoms with Gasteiger partial charge in [0.2, 0.25) is 0 Å². The van der Waals surface area contributed by atoms with Crippen LogP contribution < -0.4 is 5.32 Å². The van der Waals surface area contributed by atoms with Gasteiger partial charge in [0.25, 0.3) is 0 Å². The van der Waals surface area contributed by atoms with Gasteiger partial charge in [0.05, 0.1) is 11.4 Å². The van der Waals surface area contributed by atoms with Crippen molar-refractivity contribution in [2.45, 2.75) is 26.8 Å². The zero-order valence-electron chi connectivity index (χ0n) is 13.9. The number of hydrogen-bond donors (Lipinski definition) is 1. The van der Waals surface area contributed by atoms with E-state index in [1.165, 1.54) is 0 Å². The van der Waals surface area contributed by atoms with Crippen LogP contribution in [0.1, 0.15) is 22.5 Å². The van der Waals surface area contributed by atoms with E-state index in [0.29, 0.717) is 6.54 Å². The summed E-state index contributed by atoms with van der Waals surface area (Å²) in [6, 6.07) is 13.9. The van der Waals surface area contributed by atoms with Crippen LogP contribution in [0.5, 0.6) is 0 Å². The first-order valence-corrected chi connectivity index (χ1v) is 8.28. The maximum Gasteiger partial charge on any atom is 0.128 e. The summed E-state index contributed by atoms with van der Waals surface area (Å²) in [5, 5.41) is 7.82. The van der Waals surface area contributed by atoms with Crippen molar-refractivity contribution in [2.75, 3.05) is 6.54 Å². The molecule has 0 aliphatic carbocycles. The zero-order valence-corrected chi connectivity index (χ0v) is 13.9. The van der Waals surface area contributed by atoms with Crippen molar-refractivity contribution in [1.82, 2.24) is 15.1 Å². The van der Waals surface area contributed by atoms with E-state index < -0.39 is 0 Å². The highest BCUT2D eigenvalue weighted by Gasteiger charge is 2.18. The summed E-state index contributed by atoms with van der Waals surface area (Å²) in [6.45, 7) is 5.54. The van der Waals surface area contributed by atoms with Crippen molar-refractivity contribution in [1.29, 1.82) is 0 Å². The Labute approximate surface area is 141 Å². The molecule has 0 spiro atoms. The lowest BCUT2D eigenvalue weighted by Crippen LogP contribution is -2.25. The lowest BCUT2D eigenvalue weighted by Gasteiger charge is -2.21. The van der Waals surface area contributed by atoms with Crippen LogP contribution in [-0.2, 0) is 13.0 Å². The van der Waals surface area contributed by atoms with Gasteiger partial charge in [-0.05, 0) is 67.8 Å². The summed E-state index contributed by atoms with van der Waals surface area (Å²) in [5.74, 6) is -0.115. The summed E-state index contributed by atoms with van der Waals surface area (Å²) < 4.78 is 16.1. The summed E-state index contributed by atoms with van der Waals surface area (Å²) in [7, 11) is 0. The third-order valence-electron chi connectivity index (χ3n) is 4.64. The van der Waals surface area contributed by atoms with Crippen molar-refractivity contribution < 1.29 is 4.39 Å². The monoisotopic (exact) mass is 321 g/mol. The van der Waals surface area contributed by atoms with Crippen molar-refractivity contribution in [3.05, 3.63) is 70.8 Å². The molecule has 4 rings (SSSR count). The molecule has 24 heavy (non-hydrogen) atoms. The molecule has 1 aliphatic rings. The van der Waals surface area contributed by atoms with Crippen LogP contribution in [0.4, 0.5) is 4.39 Å². The Kier molecular flexibility index (Phi) is 3.69. The quantitative estimate of drug-likeness (QED) is 0.775. The second kappa shape index (κ2) is 5.87. The first kappa shape index (κ1) is 15.1. The van der Waals surface area contributed by atoms with E-state index in [1.54, 1.807) is 6.07 Å². The van der Waals surface area contributed by atoms with Crippen LogP contribution in [0.2, 0.25) is 0 Å². The van der Waals surface area contributed by atoms with Gasteiger partial charge in [-0.1, -0.05) is 18.2 Å². The molecule has 3 nitrogen and oxygen atoms in total. The minimum Gasteiger partial charge on any atom is -0.312 e. The second-order valence-corrected chi connectivity index (χ2v) is 6.37. The molecule has 1 N–H and O–H groups in total. The smallest absolute Gasteiger partial charge is 0.128 e. The third-order valence-corrected chi connectivity index (χ3v) is 4.64. The molecule has 0 amide bonds. The Bertz CT molecular complexity index is 911. The van der Waals surface area contributed by atoms with Gasteiger partial charge in [0.15, 0.2) is 0 Å². The fourth-order valence-electron chi connectivity index (χ4n) is 3.53.